The molecule has 1 nitrogen and oxygen atoms in total. The first-order valence-electron chi connectivity index (χ1n) is 8.42. The summed E-state index contributed by atoms with van der Waals surface area (Å²) in [4.78, 5) is 0. The summed E-state index contributed by atoms with van der Waals surface area (Å²) in [6.45, 7) is 3.00. The second kappa shape index (κ2) is 7.61. The van der Waals surface area contributed by atoms with Crippen molar-refractivity contribution in [1.82, 2.24) is 0 Å². The highest BCUT2D eigenvalue weighted by molar-refractivity contribution is 5.65. The smallest absolute Gasteiger partial charge is 0.228 e. The van der Waals surface area contributed by atoms with Gasteiger partial charge in [-0.15, -0.1) is 6.58 Å². The van der Waals surface area contributed by atoms with Crippen LogP contribution in [-0.2, 0) is 0 Å². The van der Waals surface area contributed by atoms with Crippen molar-refractivity contribution in [2.75, 3.05) is 6.86 Å². The lowest BCUT2D eigenvalue weighted by Crippen LogP contribution is -2.11. The first kappa shape index (κ1) is 16.7. The first-order chi connectivity index (χ1) is 11.7. The second-order valence-electron chi connectivity index (χ2n) is 6.36. The molecule has 0 N–H and O–H groups in total. The van der Waals surface area contributed by atoms with Gasteiger partial charge in [-0.3, -0.25) is 0 Å². The van der Waals surface area contributed by atoms with E-state index in [1.807, 2.05) is 18.2 Å². The number of rotatable bonds is 5. The summed E-state index contributed by atoms with van der Waals surface area (Å²) < 4.78 is 31.5. The molecule has 126 valence electrons. The zero-order valence-electron chi connectivity index (χ0n) is 13.7. The Kier molecular flexibility index (Phi) is 5.29. The third-order valence-corrected chi connectivity index (χ3v) is 4.96. The second-order valence-corrected chi connectivity index (χ2v) is 6.36. The van der Waals surface area contributed by atoms with Crippen LogP contribution in [0.4, 0.5) is 8.78 Å². The fraction of sp³-hybridized carbons (Fsp3) is 0.333. The number of allylic oxidation sites excluding steroid dienone is 1. The van der Waals surface area contributed by atoms with E-state index in [1.54, 1.807) is 30.3 Å². The molecule has 3 heteroatoms. The summed E-state index contributed by atoms with van der Waals surface area (Å²) in [6.07, 6.45) is 6.48. The zero-order valence-corrected chi connectivity index (χ0v) is 13.7. The van der Waals surface area contributed by atoms with Crippen molar-refractivity contribution in [3.63, 3.8) is 0 Å². The maximum absolute atomic E-state index is 14.6. The van der Waals surface area contributed by atoms with Gasteiger partial charge in [-0.2, -0.15) is 0 Å². The van der Waals surface area contributed by atoms with Crippen LogP contribution < -0.4 is 4.74 Å². The Morgan fingerprint density at radius 2 is 1.75 bits per heavy atom. The number of ether oxygens (including phenoxy) is 1. The lowest BCUT2D eigenvalue weighted by atomic mass is 9.78. The molecule has 0 spiro atoms. The van der Waals surface area contributed by atoms with E-state index in [9.17, 15) is 8.78 Å². The molecule has 0 radical (unpaired) electrons. The molecule has 0 atom stereocenters. The van der Waals surface area contributed by atoms with Crippen LogP contribution in [0.25, 0.3) is 11.1 Å². The van der Waals surface area contributed by atoms with E-state index in [-0.39, 0.29) is 5.82 Å². The first-order valence-corrected chi connectivity index (χ1v) is 8.42. The average molecular weight is 328 g/mol. The van der Waals surface area contributed by atoms with Crippen molar-refractivity contribution in [2.45, 2.75) is 31.6 Å². The molecule has 3 rings (SSSR count). The fourth-order valence-electron chi connectivity index (χ4n) is 3.50. The Hall–Kier alpha value is -2.16. The van der Waals surface area contributed by atoms with E-state index in [2.05, 4.69) is 6.58 Å². The van der Waals surface area contributed by atoms with Gasteiger partial charge in [0.05, 0.1) is 0 Å². The monoisotopic (exact) mass is 328 g/mol. The predicted octanol–water partition coefficient (Wildman–Crippen LogP) is 6.26. The molecule has 1 fully saturated rings. The highest BCUT2D eigenvalue weighted by atomic mass is 19.1. The van der Waals surface area contributed by atoms with Gasteiger partial charge in [0.25, 0.3) is 0 Å². The normalized spacial score (nSPS) is 20.6. The fourth-order valence-corrected chi connectivity index (χ4v) is 3.50. The topological polar surface area (TPSA) is 9.23 Å². The van der Waals surface area contributed by atoms with Crippen LogP contribution in [0.5, 0.6) is 5.75 Å². The molecule has 0 saturated heterocycles. The van der Waals surface area contributed by atoms with Gasteiger partial charge < -0.3 is 4.74 Å². The minimum absolute atomic E-state index is 0.211. The Labute approximate surface area is 142 Å². The molecule has 0 aromatic heterocycles. The van der Waals surface area contributed by atoms with Crippen LogP contribution in [0, 0.1) is 11.7 Å². The van der Waals surface area contributed by atoms with Crippen LogP contribution in [0.2, 0.25) is 0 Å². The van der Waals surface area contributed by atoms with Crippen molar-refractivity contribution in [2.24, 2.45) is 5.92 Å². The molecule has 2 aromatic carbocycles. The van der Waals surface area contributed by atoms with Crippen molar-refractivity contribution >= 4 is 0 Å². The summed E-state index contributed by atoms with van der Waals surface area (Å²) in [6, 6.07) is 12.3. The van der Waals surface area contributed by atoms with Gasteiger partial charge in [0.1, 0.15) is 11.6 Å². The van der Waals surface area contributed by atoms with E-state index < -0.39 is 6.86 Å². The van der Waals surface area contributed by atoms with Crippen molar-refractivity contribution in [3.05, 3.63) is 66.5 Å². The van der Waals surface area contributed by atoms with Gasteiger partial charge in [0.15, 0.2) is 0 Å². The number of hydrogen-bond donors (Lipinski definition) is 0. The largest absolute Gasteiger partial charge is 0.463 e. The van der Waals surface area contributed by atoms with Gasteiger partial charge in [-0.25, -0.2) is 8.78 Å². The van der Waals surface area contributed by atoms with Gasteiger partial charge in [0, 0.05) is 5.56 Å². The Morgan fingerprint density at radius 3 is 2.33 bits per heavy atom. The highest BCUT2D eigenvalue weighted by Gasteiger charge is 2.21. The van der Waals surface area contributed by atoms with Gasteiger partial charge in [-0.05, 0) is 66.8 Å². The van der Waals surface area contributed by atoms with Gasteiger partial charge >= 0.3 is 0 Å². The summed E-state index contributed by atoms with van der Waals surface area (Å²) in [5.74, 6) is 1.27. The predicted molar refractivity (Wildman–Crippen MR) is 93.3 cm³/mol. The number of hydrogen-bond acceptors (Lipinski definition) is 1. The Morgan fingerprint density at radius 1 is 1.04 bits per heavy atom. The summed E-state index contributed by atoms with van der Waals surface area (Å²) in [5, 5.41) is 0. The Balaban J connectivity index is 1.76. The maximum Gasteiger partial charge on any atom is 0.228 e. The quantitative estimate of drug-likeness (QED) is 0.589. The van der Waals surface area contributed by atoms with E-state index in [1.165, 1.54) is 0 Å². The molecule has 1 saturated carbocycles. The van der Waals surface area contributed by atoms with Crippen LogP contribution >= 0.6 is 0 Å². The molecular formula is C21H22F2O. The number of halogens is 2. The molecule has 24 heavy (non-hydrogen) atoms. The number of benzene rings is 2. The molecule has 2 aromatic rings. The van der Waals surface area contributed by atoms with E-state index >= 15 is 0 Å². The minimum atomic E-state index is -0.865. The molecular weight excluding hydrogens is 306 g/mol. The molecule has 1 aliphatic carbocycles. The van der Waals surface area contributed by atoms with E-state index in [0.29, 0.717) is 23.1 Å². The van der Waals surface area contributed by atoms with Crippen LogP contribution in [0.3, 0.4) is 0 Å². The lowest BCUT2D eigenvalue weighted by molar-refractivity contribution is 0.192. The number of alkyl halides is 1. The molecule has 0 amide bonds. The van der Waals surface area contributed by atoms with Crippen molar-refractivity contribution < 1.29 is 13.5 Å². The minimum Gasteiger partial charge on any atom is -0.463 e. The SMILES string of the molecule is C=CC1CCC(c2ccc(-c3ccc(OCF)cc3)c(F)c2)CC1. The standard InChI is InChI=1S/C21H22F2O/c1-2-15-3-5-16(6-4-15)18-9-12-20(21(23)13-18)17-7-10-19(11-8-17)24-14-22/h2,7-13,15-16H,1,3-6,14H2. The van der Waals surface area contributed by atoms with Crippen LogP contribution in [-0.4, -0.2) is 6.86 Å². The van der Waals surface area contributed by atoms with Crippen LogP contribution in [0.15, 0.2) is 55.1 Å². The van der Waals surface area contributed by atoms with Crippen molar-refractivity contribution in [1.29, 1.82) is 0 Å². The molecule has 1 aliphatic rings. The van der Waals surface area contributed by atoms with E-state index in [0.717, 1.165) is 36.8 Å². The third-order valence-electron chi connectivity index (χ3n) is 4.96. The molecule has 0 aliphatic heterocycles. The third kappa shape index (κ3) is 3.66. The summed E-state index contributed by atoms with van der Waals surface area (Å²) >= 11 is 0. The molecule has 0 heterocycles. The Bertz CT molecular complexity index is 685. The average Bonchev–Trinajstić information content (AvgIpc) is 2.63. The van der Waals surface area contributed by atoms with Gasteiger partial charge in [0.2, 0.25) is 6.86 Å². The maximum atomic E-state index is 14.6. The highest BCUT2D eigenvalue weighted by Crippen LogP contribution is 2.37. The van der Waals surface area contributed by atoms with Gasteiger partial charge in [-0.1, -0.05) is 30.3 Å². The molecule has 0 unspecified atom stereocenters. The van der Waals surface area contributed by atoms with E-state index in [4.69, 9.17) is 4.74 Å². The van der Waals surface area contributed by atoms with Crippen LogP contribution in [0.1, 0.15) is 37.2 Å². The van der Waals surface area contributed by atoms with Crippen molar-refractivity contribution in [3.8, 4) is 16.9 Å². The lowest BCUT2D eigenvalue weighted by Gasteiger charge is -2.27. The summed E-state index contributed by atoms with van der Waals surface area (Å²) in [5.41, 5.74) is 2.40. The molecule has 0 bridgehead atoms. The summed E-state index contributed by atoms with van der Waals surface area (Å²) in [7, 11) is 0. The zero-order chi connectivity index (χ0) is 16.9.